The van der Waals surface area contributed by atoms with Gasteiger partial charge in [0.05, 0.1) is 11.3 Å². The van der Waals surface area contributed by atoms with Gasteiger partial charge in [0.2, 0.25) is 0 Å². The summed E-state index contributed by atoms with van der Waals surface area (Å²) in [6, 6.07) is 1.69. The molecule has 3 N–H and O–H groups in total. The molecule has 0 aromatic carbocycles. The summed E-state index contributed by atoms with van der Waals surface area (Å²) in [5.41, 5.74) is 2.55. The molecule has 0 saturated carbocycles. The number of hydrazine groups is 1. The number of hydrogen-bond acceptors (Lipinski definition) is 7. The highest BCUT2D eigenvalue weighted by molar-refractivity contribution is 8.00. The summed E-state index contributed by atoms with van der Waals surface area (Å²) >= 11 is 3.05. The van der Waals surface area contributed by atoms with Crippen LogP contribution in [0, 0.1) is 13.8 Å². The Kier molecular flexibility index (Phi) is 4.00. The minimum absolute atomic E-state index is 0.348. The molecule has 0 unspecified atom stereocenters. The van der Waals surface area contributed by atoms with E-state index in [0.717, 1.165) is 9.35 Å². The number of hydrogen-bond donors (Lipinski definition) is 2. The lowest BCUT2D eigenvalue weighted by Crippen LogP contribution is -2.30. The zero-order valence-electron chi connectivity index (χ0n) is 9.89. The quantitative estimate of drug-likeness (QED) is 0.384. The van der Waals surface area contributed by atoms with Gasteiger partial charge < -0.3 is 4.42 Å². The third-order valence-corrected chi connectivity index (χ3v) is 4.18. The number of furan rings is 1. The zero-order chi connectivity index (χ0) is 13.1. The molecule has 2 aromatic heterocycles. The van der Waals surface area contributed by atoms with Gasteiger partial charge in [-0.15, -0.1) is 10.2 Å². The van der Waals surface area contributed by atoms with Gasteiger partial charge in [0.1, 0.15) is 16.5 Å². The highest BCUT2D eigenvalue weighted by atomic mass is 32.2. The Bertz CT molecular complexity index is 564. The summed E-state index contributed by atoms with van der Waals surface area (Å²) in [5.74, 6) is 6.61. The van der Waals surface area contributed by atoms with Gasteiger partial charge in [0.25, 0.3) is 5.91 Å². The molecule has 0 bridgehead atoms. The number of aryl methyl sites for hydroxylation is 2. The number of rotatable bonds is 4. The topological polar surface area (TPSA) is 94.0 Å². The highest BCUT2D eigenvalue weighted by Crippen LogP contribution is 2.27. The van der Waals surface area contributed by atoms with E-state index < -0.39 is 0 Å². The van der Waals surface area contributed by atoms with E-state index in [9.17, 15) is 4.79 Å². The molecule has 8 heteroatoms. The van der Waals surface area contributed by atoms with Gasteiger partial charge in [-0.3, -0.25) is 10.2 Å². The van der Waals surface area contributed by atoms with Crippen molar-refractivity contribution in [2.75, 3.05) is 0 Å². The molecular formula is C10H12N4O2S2. The van der Waals surface area contributed by atoms with Gasteiger partial charge in [-0.2, -0.15) is 0 Å². The SMILES string of the molecule is Cc1nnc(SCc2cc(C(=O)NN)c(C)o2)s1. The van der Waals surface area contributed by atoms with Crippen molar-refractivity contribution in [3.05, 3.63) is 28.2 Å². The van der Waals surface area contributed by atoms with Gasteiger partial charge in [0.15, 0.2) is 4.34 Å². The van der Waals surface area contributed by atoms with Crippen LogP contribution in [0.1, 0.15) is 26.9 Å². The first-order valence-electron chi connectivity index (χ1n) is 5.13. The number of nitrogens with two attached hydrogens (primary N) is 1. The van der Waals surface area contributed by atoms with Crippen molar-refractivity contribution >= 4 is 29.0 Å². The standard InChI is InChI=1S/C10H12N4O2S2/c1-5-8(9(15)12-11)3-7(16-5)4-17-10-14-13-6(2)18-10/h3H,4,11H2,1-2H3,(H,12,15). The molecule has 6 nitrogen and oxygen atoms in total. The minimum atomic E-state index is -0.348. The molecule has 0 aliphatic heterocycles. The lowest BCUT2D eigenvalue weighted by atomic mass is 10.2. The summed E-state index contributed by atoms with van der Waals surface area (Å²) in [6.45, 7) is 3.64. The smallest absolute Gasteiger partial charge is 0.268 e. The largest absolute Gasteiger partial charge is 0.465 e. The molecule has 2 rings (SSSR count). The van der Waals surface area contributed by atoms with Crippen molar-refractivity contribution in [1.82, 2.24) is 15.6 Å². The first kappa shape index (κ1) is 13.1. The van der Waals surface area contributed by atoms with Crippen molar-refractivity contribution in [3.63, 3.8) is 0 Å². The number of nitrogen functional groups attached to an aromatic ring is 1. The number of carbonyl (C=O) groups is 1. The van der Waals surface area contributed by atoms with Crippen LogP contribution < -0.4 is 11.3 Å². The monoisotopic (exact) mass is 284 g/mol. The predicted molar refractivity (Wildman–Crippen MR) is 69.3 cm³/mol. The maximum Gasteiger partial charge on any atom is 0.268 e. The number of aromatic nitrogens is 2. The molecule has 0 fully saturated rings. The Morgan fingerprint density at radius 2 is 2.33 bits per heavy atom. The molecule has 2 aromatic rings. The van der Waals surface area contributed by atoms with Crippen LogP contribution in [0.5, 0.6) is 0 Å². The van der Waals surface area contributed by atoms with Crippen LogP contribution in [0.2, 0.25) is 0 Å². The van der Waals surface area contributed by atoms with Gasteiger partial charge in [0, 0.05) is 0 Å². The van der Waals surface area contributed by atoms with Crippen LogP contribution in [0.3, 0.4) is 0 Å². The molecule has 0 spiro atoms. The second kappa shape index (κ2) is 5.51. The Balaban J connectivity index is 2.04. The Labute approximate surface area is 112 Å². The fourth-order valence-corrected chi connectivity index (χ4v) is 3.08. The first-order valence-corrected chi connectivity index (χ1v) is 6.93. The summed E-state index contributed by atoms with van der Waals surface area (Å²) in [5, 5.41) is 8.86. The Hall–Kier alpha value is -1.38. The van der Waals surface area contributed by atoms with E-state index in [1.165, 1.54) is 23.1 Å². The molecule has 0 aliphatic carbocycles. The maximum absolute atomic E-state index is 11.4. The molecule has 96 valence electrons. The van der Waals surface area contributed by atoms with Crippen LogP contribution in [0.4, 0.5) is 0 Å². The van der Waals surface area contributed by atoms with E-state index in [0.29, 0.717) is 22.8 Å². The lowest BCUT2D eigenvalue weighted by Gasteiger charge is -1.93. The number of nitrogens with one attached hydrogen (secondary N) is 1. The Morgan fingerprint density at radius 1 is 1.56 bits per heavy atom. The fraction of sp³-hybridized carbons (Fsp3) is 0.300. The molecule has 18 heavy (non-hydrogen) atoms. The van der Waals surface area contributed by atoms with Crippen molar-refractivity contribution in [2.45, 2.75) is 23.9 Å². The van der Waals surface area contributed by atoms with Crippen molar-refractivity contribution in [1.29, 1.82) is 0 Å². The van der Waals surface area contributed by atoms with Crippen molar-refractivity contribution in [3.8, 4) is 0 Å². The van der Waals surface area contributed by atoms with E-state index in [1.807, 2.05) is 6.92 Å². The van der Waals surface area contributed by atoms with E-state index in [-0.39, 0.29) is 5.91 Å². The summed E-state index contributed by atoms with van der Waals surface area (Å²) in [7, 11) is 0. The molecule has 2 heterocycles. The summed E-state index contributed by atoms with van der Waals surface area (Å²) < 4.78 is 6.37. The van der Waals surface area contributed by atoms with E-state index in [4.69, 9.17) is 10.3 Å². The van der Waals surface area contributed by atoms with Crippen LogP contribution in [-0.2, 0) is 5.75 Å². The molecular weight excluding hydrogens is 272 g/mol. The number of thioether (sulfide) groups is 1. The average Bonchev–Trinajstić information content (AvgIpc) is 2.92. The third kappa shape index (κ3) is 2.89. The van der Waals surface area contributed by atoms with Crippen LogP contribution >= 0.6 is 23.1 Å². The maximum atomic E-state index is 11.4. The van der Waals surface area contributed by atoms with Gasteiger partial charge in [-0.1, -0.05) is 23.1 Å². The van der Waals surface area contributed by atoms with E-state index >= 15 is 0 Å². The Morgan fingerprint density at radius 3 is 2.94 bits per heavy atom. The normalized spacial score (nSPS) is 10.6. The summed E-state index contributed by atoms with van der Waals surface area (Å²) in [6.07, 6.45) is 0. The van der Waals surface area contributed by atoms with Crippen LogP contribution in [0.25, 0.3) is 0 Å². The molecule has 0 saturated heterocycles. The van der Waals surface area contributed by atoms with Crippen molar-refractivity contribution < 1.29 is 9.21 Å². The lowest BCUT2D eigenvalue weighted by molar-refractivity contribution is 0.0952. The molecule has 1 amide bonds. The van der Waals surface area contributed by atoms with Gasteiger partial charge in [-0.05, 0) is 19.9 Å². The second-order valence-electron chi connectivity index (χ2n) is 3.53. The van der Waals surface area contributed by atoms with Gasteiger partial charge >= 0.3 is 0 Å². The number of nitrogens with zero attached hydrogens (tertiary/aromatic N) is 2. The van der Waals surface area contributed by atoms with Crippen LogP contribution in [0.15, 0.2) is 14.8 Å². The zero-order valence-corrected chi connectivity index (χ0v) is 11.5. The minimum Gasteiger partial charge on any atom is -0.465 e. The van der Waals surface area contributed by atoms with Crippen LogP contribution in [-0.4, -0.2) is 16.1 Å². The average molecular weight is 284 g/mol. The first-order chi connectivity index (χ1) is 8.60. The second-order valence-corrected chi connectivity index (χ2v) is 5.94. The number of carbonyl (C=O) groups excluding carboxylic acids is 1. The highest BCUT2D eigenvalue weighted by Gasteiger charge is 2.14. The number of amides is 1. The fourth-order valence-electron chi connectivity index (χ4n) is 1.39. The summed E-state index contributed by atoms with van der Waals surface area (Å²) in [4.78, 5) is 11.4. The van der Waals surface area contributed by atoms with Gasteiger partial charge in [-0.25, -0.2) is 5.84 Å². The molecule has 0 atom stereocenters. The third-order valence-electron chi connectivity index (χ3n) is 2.19. The molecule has 0 radical (unpaired) electrons. The molecule has 0 aliphatic rings. The van der Waals surface area contributed by atoms with Crippen molar-refractivity contribution in [2.24, 2.45) is 5.84 Å². The van der Waals surface area contributed by atoms with E-state index in [1.54, 1.807) is 13.0 Å². The van der Waals surface area contributed by atoms with E-state index in [2.05, 4.69) is 15.6 Å². The predicted octanol–water partition coefficient (Wildman–Crippen LogP) is 1.64.